The summed E-state index contributed by atoms with van der Waals surface area (Å²) in [5.74, 6) is 5.74. The predicted octanol–water partition coefficient (Wildman–Crippen LogP) is 2.34. The fourth-order valence-electron chi connectivity index (χ4n) is 5.03. The highest BCUT2D eigenvalue weighted by atomic mass is 32.2. The van der Waals surface area contributed by atoms with E-state index in [4.69, 9.17) is 0 Å². The molecule has 4 rings (SSSR count). The molecule has 176 valence electrons. The highest BCUT2D eigenvalue weighted by Crippen LogP contribution is 2.42. The third kappa shape index (κ3) is 5.01. The molecule has 2 N–H and O–H groups in total. The van der Waals surface area contributed by atoms with Crippen LogP contribution in [0.4, 0.5) is 0 Å². The minimum atomic E-state index is -3.60. The van der Waals surface area contributed by atoms with Gasteiger partial charge in [0.1, 0.15) is 6.10 Å². The normalized spacial score (nSPS) is 25.0. The summed E-state index contributed by atoms with van der Waals surface area (Å²) in [5.41, 5.74) is 2.81. The summed E-state index contributed by atoms with van der Waals surface area (Å²) >= 11 is 0. The fourth-order valence-corrected chi connectivity index (χ4v) is 6.63. The molecular formula is C26H32N2O4S. The van der Waals surface area contributed by atoms with E-state index in [-0.39, 0.29) is 24.6 Å². The molecule has 0 aromatic heterocycles. The van der Waals surface area contributed by atoms with E-state index in [9.17, 15) is 18.6 Å². The molecule has 33 heavy (non-hydrogen) atoms. The average molecular weight is 469 g/mol. The van der Waals surface area contributed by atoms with Crippen molar-refractivity contribution in [3.63, 3.8) is 0 Å². The van der Waals surface area contributed by atoms with E-state index in [0.29, 0.717) is 18.0 Å². The molecule has 0 radical (unpaired) electrons. The van der Waals surface area contributed by atoms with Crippen molar-refractivity contribution in [3.05, 3.63) is 65.2 Å². The van der Waals surface area contributed by atoms with Gasteiger partial charge in [0.15, 0.2) is 0 Å². The number of benzene rings is 2. The van der Waals surface area contributed by atoms with Crippen LogP contribution < -0.4 is 0 Å². The molecule has 0 amide bonds. The van der Waals surface area contributed by atoms with Gasteiger partial charge in [-0.1, -0.05) is 36.1 Å². The lowest BCUT2D eigenvalue weighted by molar-refractivity contribution is -0.0553. The summed E-state index contributed by atoms with van der Waals surface area (Å²) in [4.78, 5) is 2.61. The SMILES string of the molecule is Cc1cccc(S(=O)(=O)N2CCCCN3[C@@H](CO)[C@@H](c4ccc(C#C[C@H](C)O)cc4)[C@@H]3C2)c1. The average Bonchev–Trinajstić information content (AvgIpc) is 2.77. The summed E-state index contributed by atoms with van der Waals surface area (Å²) in [7, 11) is -3.60. The zero-order valence-corrected chi connectivity index (χ0v) is 20.0. The van der Waals surface area contributed by atoms with Gasteiger partial charge in [-0.15, -0.1) is 0 Å². The molecule has 0 spiro atoms. The lowest BCUT2D eigenvalue weighted by Gasteiger charge is -2.57. The van der Waals surface area contributed by atoms with Crippen molar-refractivity contribution in [2.75, 3.05) is 26.2 Å². The molecule has 0 unspecified atom stereocenters. The van der Waals surface area contributed by atoms with Crippen molar-refractivity contribution in [1.82, 2.24) is 9.21 Å². The molecule has 7 heteroatoms. The molecule has 4 atom stereocenters. The highest BCUT2D eigenvalue weighted by Gasteiger charge is 2.50. The van der Waals surface area contributed by atoms with Crippen LogP contribution in [0.25, 0.3) is 0 Å². The molecule has 2 aromatic carbocycles. The van der Waals surface area contributed by atoms with E-state index in [1.165, 1.54) is 0 Å². The Morgan fingerprint density at radius 3 is 2.52 bits per heavy atom. The summed E-state index contributed by atoms with van der Waals surface area (Å²) in [6.07, 6.45) is 1.01. The Kier molecular flexibility index (Phi) is 7.22. The molecule has 0 saturated carbocycles. The number of aliphatic hydroxyl groups is 2. The molecule has 0 aliphatic carbocycles. The van der Waals surface area contributed by atoms with E-state index in [1.54, 1.807) is 29.4 Å². The van der Waals surface area contributed by atoms with E-state index >= 15 is 0 Å². The van der Waals surface area contributed by atoms with Gasteiger partial charge in [0.2, 0.25) is 10.0 Å². The van der Waals surface area contributed by atoms with Crippen LogP contribution >= 0.6 is 0 Å². The molecule has 2 aliphatic heterocycles. The third-order valence-electron chi connectivity index (χ3n) is 6.68. The van der Waals surface area contributed by atoms with Crippen molar-refractivity contribution >= 4 is 10.0 Å². The maximum Gasteiger partial charge on any atom is 0.243 e. The van der Waals surface area contributed by atoms with E-state index < -0.39 is 16.1 Å². The predicted molar refractivity (Wildman–Crippen MR) is 128 cm³/mol. The molecule has 2 aromatic rings. The van der Waals surface area contributed by atoms with Crippen LogP contribution in [-0.4, -0.2) is 72.3 Å². The first kappa shape index (κ1) is 23.9. The standard InChI is InChI=1S/C26H32N2O4S/c1-19-6-5-7-23(16-19)33(31,32)27-14-3-4-15-28-24(17-27)26(25(28)18-29)22-12-10-21(11-13-22)9-8-20(2)30/h5-7,10-13,16,20,24-26,29-30H,3-4,14-15,17-18H2,1-2H3/t20-,24-,25-,26-/m0/s1. The van der Waals surface area contributed by atoms with Crippen molar-refractivity contribution in [2.45, 2.75) is 55.7 Å². The van der Waals surface area contributed by atoms with Gasteiger partial charge in [-0.05, 0) is 68.6 Å². The van der Waals surface area contributed by atoms with Gasteiger partial charge in [0.05, 0.1) is 11.5 Å². The minimum Gasteiger partial charge on any atom is -0.395 e. The summed E-state index contributed by atoms with van der Waals surface area (Å²) < 4.78 is 28.6. The molecule has 2 fully saturated rings. The lowest BCUT2D eigenvalue weighted by atomic mass is 9.74. The summed E-state index contributed by atoms with van der Waals surface area (Å²) in [5, 5.41) is 19.5. The number of aryl methyl sites for hydroxylation is 1. The maximum absolute atomic E-state index is 13.5. The smallest absolute Gasteiger partial charge is 0.243 e. The lowest BCUT2D eigenvalue weighted by Crippen LogP contribution is -2.67. The monoisotopic (exact) mass is 468 g/mol. The summed E-state index contributed by atoms with van der Waals surface area (Å²) in [6, 6.07) is 14.9. The van der Waals surface area contributed by atoms with E-state index in [1.807, 2.05) is 37.3 Å². The quantitative estimate of drug-likeness (QED) is 0.674. The minimum absolute atomic E-state index is 0.0106. The third-order valence-corrected chi connectivity index (χ3v) is 8.54. The Morgan fingerprint density at radius 2 is 1.85 bits per heavy atom. The van der Waals surface area contributed by atoms with Crippen LogP contribution in [0.5, 0.6) is 0 Å². The molecule has 6 nitrogen and oxygen atoms in total. The van der Waals surface area contributed by atoms with Crippen LogP contribution in [0.15, 0.2) is 53.4 Å². The Labute approximate surface area is 196 Å². The van der Waals surface area contributed by atoms with Gasteiger partial charge in [-0.25, -0.2) is 8.42 Å². The van der Waals surface area contributed by atoms with E-state index in [0.717, 1.165) is 36.1 Å². The Hall–Kier alpha value is -2.21. The first-order valence-corrected chi connectivity index (χ1v) is 13.0. The van der Waals surface area contributed by atoms with Crippen molar-refractivity contribution in [3.8, 4) is 11.8 Å². The molecule has 2 saturated heterocycles. The number of rotatable bonds is 4. The van der Waals surface area contributed by atoms with Crippen LogP contribution in [0.1, 0.15) is 42.4 Å². The second-order valence-corrected chi connectivity index (χ2v) is 11.0. The molecule has 2 aliphatic rings. The maximum atomic E-state index is 13.5. The number of nitrogens with zero attached hydrogens (tertiary/aromatic N) is 2. The number of aliphatic hydroxyl groups excluding tert-OH is 2. The van der Waals surface area contributed by atoms with Crippen molar-refractivity contribution in [1.29, 1.82) is 0 Å². The number of hydrogen-bond acceptors (Lipinski definition) is 5. The highest BCUT2D eigenvalue weighted by molar-refractivity contribution is 7.89. The van der Waals surface area contributed by atoms with Gasteiger partial charge in [0.25, 0.3) is 0 Å². The summed E-state index contributed by atoms with van der Waals surface area (Å²) in [6.45, 7) is 5.34. The molecular weight excluding hydrogens is 436 g/mol. The largest absolute Gasteiger partial charge is 0.395 e. The second-order valence-electron chi connectivity index (χ2n) is 9.03. The van der Waals surface area contributed by atoms with Crippen LogP contribution in [0.2, 0.25) is 0 Å². The topological polar surface area (TPSA) is 81.1 Å². The van der Waals surface area contributed by atoms with Crippen molar-refractivity contribution < 1.29 is 18.6 Å². The van der Waals surface area contributed by atoms with Crippen LogP contribution in [0.3, 0.4) is 0 Å². The van der Waals surface area contributed by atoms with Gasteiger partial charge in [-0.3, -0.25) is 4.90 Å². The van der Waals surface area contributed by atoms with Gasteiger partial charge >= 0.3 is 0 Å². The zero-order chi connectivity index (χ0) is 23.6. The number of sulfonamides is 1. The molecule has 2 heterocycles. The van der Waals surface area contributed by atoms with Crippen LogP contribution in [0, 0.1) is 18.8 Å². The van der Waals surface area contributed by atoms with Crippen molar-refractivity contribution in [2.24, 2.45) is 0 Å². The van der Waals surface area contributed by atoms with Gasteiger partial charge in [0, 0.05) is 36.7 Å². The Bertz CT molecular complexity index is 1130. The number of hydrogen-bond donors (Lipinski definition) is 2. The molecule has 0 bridgehead atoms. The Morgan fingerprint density at radius 1 is 1.12 bits per heavy atom. The van der Waals surface area contributed by atoms with Gasteiger partial charge < -0.3 is 10.2 Å². The number of fused-ring (bicyclic) bond motifs is 1. The fraction of sp³-hybridized carbons (Fsp3) is 0.462. The first-order valence-electron chi connectivity index (χ1n) is 11.5. The first-order chi connectivity index (χ1) is 15.8. The second kappa shape index (κ2) is 9.96. The van der Waals surface area contributed by atoms with E-state index in [2.05, 4.69) is 16.7 Å². The van der Waals surface area contributed by atoms with Crippen LogP contribution in [-0.2, 0) is 10.0 Å². The van der Waals surface area contributed by atoms with Gasteiger partial charge in [-0.2, -0.15) is 4.31 Å². The zero-order valence-electron chi connectivity index (χ0n) is 19.2. The Balaban J connectivity index is 1.61.